The molecule has 254 valence electrons. The van der Waals surface area contributed by atoms with Crippen LogP contribution in [0.5, 0.6) is 11.8 Å². The predicted octanol–water partition coefficient (Wildman–Crippen LogP) is 5.80. The second-order valence-corrected chi connectivity index (χ2v) is 13.1. The summed E-state index contributed by atoms with van der Waals surface area (Å²) < 4.78 is 11.2. The van der Waals surface area contributed by atoms with Crippen LogP contribution in [-0.4, -0.2) is 75.4 Å². The Balaban J connectivity index is 1.22. The van der Waals surface area contributed by atoms with Crippen LogP contribution in [0.4, 0.5) is 0 Å². The van der Waals surface area contributed by atoms with Gasteiger partial charge in [0.1, 0.15) is 11.4 Å². The highest BCUT2D eigenvalue weighted by atomic mass is 35.5. The maximum Gasteiger partial charge on any atom is 0.237 e. The molecule has 49 heavy (non-hydrogen) atoms. The van der Waals surface area contributed by atoms with Gasteiger partial charge in [0.2, 0.25) is 11.8 Å². The van der Waals surface area contributed by atoms with E-state index >= 15 is 0 Å². The molecule has 1 unspecified atom stereocenters. The summed E-state index contributed by atoms with van der Waals surface area (Å²) in [6, 6.07) is 13.8. The van der Waals surface area contributed by atoms with Gasteiger partial charge >= 0.3 is 0 Å². The van der Waals surface area contributed by atoms with Crippen molar-refractivity contribution < 1.29 is 14.6 Å². The van der Waals surface area contributed by atoms with E-state index in [1.54, 1.807) is 26.6 Å². The molecule has 0 saturated carbocycles. The maximum absolute atomic E-state index is 10.6. The Hall–Kier alpha value is -4.31. The van der Waals surface area contributed by atoms with Gasteiger partial charge in [-0.15, -0.1) is 0 Å². The average Bonchev–Trinajstić information content (AvgIpc) is 3.69. The van der Waals surface area contributed by atoms with Crippen LogP contribution in [0.25, 0.3) is 33.6 Å². The number of aliphatic hydroxyl groups is 1. The number of benzene rings is 2. The normalized spacial score (nSPS) is 19.1. The van der Waals surface area contributed by atoms with E-state index < -0.39 is 5.60 Å². The minimum absolute atomic E-state index is 0.0919. The van der Waals surface area contributed by atoms with Crippen molar-refractivity contribution in [3.63, 3.8) is 0 Å². The van der Waals surface area contributed by atoms with Crippen LogP contribution in [0.1, 0.15) is 37.1 Å². The second kappa shape index (κ2) is 15.1. The zero-order valence-electron chi connectivity index (χ0n) is 27.5. The lowest BCUT2D eigenvalue weighted by molar-refractivity contribution is 0.0529. The molecule has 11 nitrogen and oxygen atoms in total. The third-order valence-electron chi connectivity index (χ3n) is 8.93. The van der Waals surface area contributed by atoms with E-state index in [0.717, 1.165) is 30.6 Å². The molecule has 2 atom stereocenters. The van der Waals surface area contributed by atoms with Gasteiger partial charge < -0.3 is 25.2 Å². The number of ether oxygens (including phenoxy) is 2. The Morgan fingerprint density at radius 1 is 1.00 bits per heavy atom. The predicted molar refractivity (Wildman–Crippen MR) is 189 cm³/mol. The summed E-state index contributed by atoms with van der Waals surface area (Å²) in [6.07, 6.45) is 6.04. The molecule has 4 aromatic rings. The number of β-amino-alcohol motifs (C(OH)–C–C–N with tert-alkyl or cyclic N) is 1. The number of methoxy groups -OCH3 is 2. The largest absolute Gasteiger partial charge is 0.480 e. The number of hydrogen-bond donors (Lipinski definition) is 3. The average molecular weight is 702 g/mol. The Kier molecular flexibility index (Phi) is 10.6. The molecule has 2 aromatic carbocycles. The lowest BCUT2D eigenvalue weighted by atomic mass is 9.98. The van der Waals surface area contributed by atoms with Crippen LogP contribution < -0.4 is 20.1 Å². The number of nitriles is 1. The summed E-state index contributed by atoms with van der Waals surface area (Å²) in [5.41, 5.74) is 5.30. The molecule has 6 rings (SSSR count). The number of halogens is 2. The fourth-order valence-corrected chi connectivity index (χ4v) is 7.01. The van der Waals surface area contributed by atoms with E-state index in [1.165, 1.54) is 0 Å². The van der Waals surface area contributed by atoms with E-state index in [-0.39, 0.29) is 6.42 Å². The van der Waals surface area contributed by atoms with Crippen molar-refractivity contribution in [2.45, 2.75) is 50.4 Å². The summed E-state index contributed by atoms with van der Waals surface area (Å²) in [5.74, 6) is 0.788. The summed E-state index contributed by atoms with van der Waals surface area (Å²) >= 11 is 14.1. The number of rotatable bonds is 12. The van der Waals surface area contributed by atoms with Crippen LogP contribution in [-0.2, 0) is 13.1 Å². The van der Waals surface area contributed by atoms with Crippen molar-refractivity contribution in [1.82, 2.24) is 35.5 Å². The molecule has 0 radical (unpaired) electrons. The lowest BCUT2D eigenvalue weighted by Gasteiger charge is -2.21. The number of allylic oxidation sites excluding steroid dienone is 1. The quantitative estimate of drug-likeness (QED) is 0.165. The number of nitrogens with one attached hydrogen (secondary N) is 2. The molecule has 2 aliphatic rings. The highest BCUT2D eigenvalue weighted by molar-refractivity contribution is 6.39. The van der Waals surface area contributed by atoms with Gasteiger partial charge in [-0.25, -0.2) is 9.97 Å². The van der Waals surface area contributed by atoms with Crippen LogP contribution >= 0.6 is 23.2 Å². The van der Waals surface area contributed by atoms with Crippen molar-refractivity contribution in [2.24, 2.45) is 0 Å². The first-order chi connectivity index (χ1) is 23.7. The van der Waals surface area contributed by atoms with Gasteiger partial charge in [-0.05, 0) is 19.3 Å². The van der Waals surface area contributed by atoms with Crippen molar-refractivity contribution in [1.29, 1.82) is 5.26 Å². The third kappa shape index (κ3) is 7.64. The van der Waals surface area contributed by atoms with Crippen LogP contribution in [0, 0.1) is 11.3 Å². The van der Waals surface area contributed by atoms with E-state index in [9.17, 15) is 5.11 Å². The lowest BCUT2D eigenvalue weighted by Crippen LogP contribution is -2.33. The number of hydrogen-bond acceptors (Lipinski definition) is 11. The SMILES string of the molecule is C=C1CC[C@@H](CNCc2ncc(-c3cccc(-c4cccc(-c5cnc(CN6CCC(O)(CC#N)C6)c(OC)n5)c4Cl)c3Cl)nc2OC)N1. The molecule has 2 saturated heterocycles. The van der Waals surface area contributed by atoms with Crippen molar-refractivity contribution in [3.8, 4) is 51.5 Å². The smallest absolute Gasteiger partial charge is 0.237 e. The first-order valence-corrected chi connectivity index (χ1v) is 16.8. The van der Waals surface area contributed by atoms with Gasteiger partial charge in [-0.3, -0.25) is 14.9 Å². The van der Waals surface area contributed by atoms with Gasteiger partial charge in [0, 0.05) is 66.7 Å². The molecule has 4 heterocycles. The van der Waals surface area contributed by atoms with Crippen LogP contribution in [0.15, 0.2) is 61.1 Å². The fraction of sp³-hybridized carbons (Fsp3) is 0.361. The highest BCUT2D eigenvalue weighted by Crippen LogP contribution is 2.42. The van der Waals surface area contributed by atoms with Gasteiger partial charge in [0.15, 0.2) is 0 Å². The monoisotopic (exact) mass is 700 g/mol. The first kappa shape index (κ1) is 34.5. The first-order valence-electron chi connectivity index (χ1n) is 16.1. The summed E-state index contributed by atoms with van der Waals surface area (Å²) in [5, 5.41) is 27.4. The molecule has 0 amide bonds. The summed E-state index contributed by atoms with van der Waals surface area (Å²) in [6.45, 7) is 6.76. The molecule has 2 aliphatic heterocycles. The van der Waals surface area contributed by atoms with Crippen molar-refractivity contribution in [2.75, 3.05) is 33.9 Å². The molecule has 13 heteroatoms. The van der Waals surface area contributed by atoms with Gasteiger partial charge in [0.25, 0.3) is 0 Å². The topological polar surface area (TPSA) is 141 Å². The van der Waals surface area contributed by atoms with E-state index in [4.69, 9.17) is 47.9 Å². The number of nitrogens with zero attached hydrogens (tertiary/aromatic N) is 6. The van der Waals surface area contributed by atoms with Crippen LogP contribution in [0.2, 0.25) is 10.0 Å². The molecule has 3 N–H and O–H groups in total. The molecule has 2 fully saturated rings. The zero-order valence-corrected chi connectivity index (χ0v) is 29.0. The molecule has 2 aromatic heterocycles. The Bertz CT molecular complexity index is 1900. The Morgan fingerprint density at radius 3 is 2.16 bits per heavy atom. The molecular weight excluding hydrogens is 663 g/mol. The summed E-state index contributed by atoms with van der Waals surface area (Å²) in [4.78, 5) is 20.9. The van der Waals surface area contributed by atoms with Crippen molar-refractivity contribution in [3.05, 3.63) is 82.5 Å². The van der Waals surface area contributed by atoms with Gasteiger partial charge in [-0.1, -0.05) is 66.2 Å². The van der Waals surface area contributed by atoms with E-state index in [1.807, 2.05) is 41.3 Å². The zero-order chi connectivity index (χ0) is 34.5. The second-order valence-electron chi connectivity index (χ2n) is 12.4. The fourth-order valence-electron chi connectivity index (χ4n) is 6.36. The number of likely N-dealkylation sites (tertiary alicyclic amines) is 1. The highest BCUT2D eigenvalue weighted by Gasteiger charge is 2.36. The molecule has 0 aliphatic carbocycles. The minimum atomic E-state index is -1.01. The summed E-state index contributed by atoms with van der Waals surface area (Å²) in [7, 11) is 3.12. The van der Waals surface area contributed by atoms with E-state index in [0.29, 0.717) is 99.9 Å². The Morgan fingerprint density at radius 2 is 1.59 bits per heavy atom. The van der Waals surface area contributed by atoms with E-state index in [2.05, 4.69) is 33.2 Å². The standard InChI is InChI=1S/C36H38Cl2N8O3/c1-22-10-11-23(43-22)16-40-17-30-34(48-2)44-28(18-41-30)26-8-4-6-24(32(26)37)25-7-5-9-27(33(25)38)29-19-42-31(35(45-29)49-3)20-46-15-13-36(47,21-46)12-14-39/h4-9,18-19,23,40,43,47H,1,10-13,15-17,20-21H2,2-3H3/t23-,36?/m0/s1. The number of aromatic nitrogens is 4. The molecule has 0 spiro atoms. The Labute approximate surface area is 295 Å². The van der Waals surface area contributed by atoms with Gasteiger partial charge in [0.05, 0.1) is 66.1 Å². The maximum atomic E-state index is 10.6. The third-order valence-corrected chi connectivity index (χ3v) is 9.74. The van der Waals surface area contributed by atoms with Crippen LogP contribution in [0.3, 0.4) is 0 Å². The molecular formula is C36H38Cl2N8O3. The molecule has 0 bridgehead atoms. The van der Waals surface area contributed by atoms with Crippen molar-refractivity contribution >= 4 is 23.2 Å². The minimum Gasteiger partial charge on any atom is -0.480 e. The van der Waals surface area contributed by atoms with Gasteiger partial charge in [-0.2, -0.15) is 5.26 Å².